The first-order chi connectivity index (χ1) is 11.8. The van der Waals surface area contributed by atoms with Crippen molar-refractivity contribution in [3.05, 3.63) is 29.8 Å². The Labute approximate surface area is 152 Å². The average molecular weight is 347 g/mol. The molecule has 1 aromatic carbocycles. The van der Waals surface area contributed by atoms with Gasteiger partial charge < -0.3 is 15.0 Å². The van der Waals surface area contributed by atoms with Gasteiger partial charge in [-0.25, -0.2) is 4.79 Å². The monoisotopic (exact) mass is 346 g/mol. The molecule has 4 heteroatoms. The van der Waals surface area contributed by atoms with E-state index in [9.17, 15) is 4.79 Å². The van der Waals surface area contributed by atoms with Crippen LogP contribution in [0.1, 0.15) is 65.9 Å². The Bertz CT molecular complexity index is 538. The lowest BCUT2D eigenvalue weighted by Gasteiger charge is -2.38. The van der Waals surface area contributed by atoms with E-state index in [1.807, 2.05) is 17.0 Å². The van der Waals surface area contributed by atoms with Crippen molar-refractivity contribution in [1.82, 2.24) is 10.2 Å². The fraction of sp³-hybridized carbons (Fsp3) is 0.667. The zero-order valence-electron chi connectivity index (χ0n) is 16.5. The molecular formula is C21H34N2O2. The molecule has 140 valence electrons. The molecule has 0 saturated carbocycles. The maximum atomic E-state index is 12.4. The highest BCUT2D eigenvalue weighted by Crippen LogP contribution is 2.24. The summed E-state index contributed by atoms with van der Waals surface area (Å²) in [6, 6.07) is 9.02. The number of nitrogens with zero attached hydrogens (tertiary/aromatic N) is 1. The zero-order valence-corrected chi connectivity index (χ0v) is 16.5. The van der Waals surface area contributed by atoms with Crippen LogP contribution in [0, 0.1) is 0 Å². The molecule has 0 aliphatic carbocycles. The molecule has 1 aromatic rings. The highest BCUT2D eigenvalue weighted by molar-refractivity contribution is 5.74. The van der Waals surface area contributed by atoms with E-state index in [-0.39, 0.29) is 11.4 Å². The molecule has 0 spiro atoms. The SMILES string of the molecule is CC1CCCC(C)N1C(=O)NCCCOc1ccc(C(C)(C)C)cc1. The minimum absolute atomic E-state index is 0.0641. The summed E-state index contributed by atoms with van der Waals surface area (Å²) in [6.07, 6.45) is 4.23. The van der Waals surface area contributed by atoms with E-state index >= 15 is 0 Å². The van der Waals surface area contributed by atoms with Crippen LogP contribution in [0.15, 0.2) is 24.3 Å². The second-order valence-electron chi connectivity index (χ2n) is 8.24. The molecule has 2 unspecified atom stereocenters. The maximum Gasteiger partial charge on any atom is 0.317 e. The molecule has 1 aliphatic heterocycles. The predicted octanol–water partition coefficient (Wildman–Crippen LogP) is 4.73. The first-order valence-electron chi connectivity index (χ1n) is 9.58. The maximum absolute atomic E-state index is 12.4. The topological polar surface area (TPSA) is 41.6 Å². The van der Waals surface area contributed by atoms with E-state index in [0.29, 0.717) is 25.2 Å². The molecule has 4 nitrogen and oxygen atoms in total. The molecule has 1 aliphatic rings. The zero-order chi connectivity index (χ0) is 18.4. The van der Waals surface area contributed by atoms with Crippen molar-refractivity contribution in [2.24, 2.45) is 0 Å². The van der Waals surface area contributed by atoms with Crippen LogP contribution in [0.2, 0.25) is 0 Å². The van der Waals surface area contributed by atoms with Crippen molar-refractivity contribution in [3.8, 4) is 5.75 Å². The number of benzene rings is 1. The van der Waals surface area contributed by atoms with Gasteiger partial charge in [-0.05, 0) is 62.6 Å². The lowest BCUT2D eigenvalue weighted by molar-refractivity contribution is 0.123. The number of hydrogen-bond acceptors (Lipinski definition) is 2. The first-order valence-corrected chi connectivity index (χ1v) is 9.58. The Morgan fingerprint density at radius 1 is 1.16 bits per heavy atom. The van der Waals surface area contributed by atoms with Crippen molar-refractivity contribution < 1.29 is 9.53 Å². The van der Waals surface area contributed by atoms with E-state index < -0.39 is 0 Å². The number of piperidine rings is 1. The summed E-state index contributed by atoms with van der Waals surface area (Å²) in [5.41, 5.74) is 1.46. The Balaban J connectivity index is 1.68. The highest BCUT2D eigenvalue weighted by Gasteiger charge is 2.28. The molecule has 0 radical (unpaired) electrons. The van der Waals surface area contributed by atoms with Gasteiger partial charge in [0.2, 0.25) is 0 Å². The number of rotatable bonds is 5. The van der Waals surface area contributed by atoms with Crippen LogP contribution in [0.4, 0.5) is 4.79 Å². The average Bonchev–Trinajstić information content (AvgIpc) is 2.54. The Morgan fingerprint density at radius 3 is 2.32 bits per heavy atom. The van der Waals surface area contributed by atoms with Crippen LogP contribution in [0.3, 0.4) is 0 Å². The van der Waals surface area contributed by atoms with E-state index in [1.165, 1.54) is 12.0 Å². The number of amides is 2. The third-order valence-corrected chi connectivity index (χ3v) is 5.01. The standard InChI is InChI=1S/C21H34N2O2/c1-16-8-6-9-17(2)23(16)20(24)22-14-7-15-25-19-12-10-18(11-13-19)21(3,4)5/h10-13,16-17H,6-9,14-15H2,1-5H3,(H,22,24). The molecule has 1 fully saturated rings. The van der Waals surface area contributed by atoms with E-state index in [4.69, 9.17) is 4.74 Å². The molecule has 2 amide bonds. The molecule has 0 aromatic heterocycles. The summed E-state index contributed by atoms with van der Waals surface area (Å²) >= 11 is 0. The number of nitrogens with one attached hydrogen (secondary N) is 1. The second kappa shape index (κ2) is 8.59. The molecule has 0 bridgehead atoms. The molecular weight excluding hydrogens is 312 g/mol. The second-order valence-corrected chi connectivity index (χ2v) is 8.24. The number of ether oxygens (including phenoxy) is 1. The van der Waals surface area contributed by atoms with Gasteiger partial charge in [-0.1, -0.05) is 32.9 Å². The van der Waals surface area contributed by atoms with Crippen molar-refractivity contribution in [2.45, 2.75) is 77.8 Å². The van der Waals surface area contributed by atoms with Crippen LogP contribution in [-0.2, 0) is 5.41 Å². The fourth-order valence-corrected chi connectivity index (χ4v) is 3.42. The fourth-order valence-electron chi connectivity index (χ4n) is 3.42. The van der Waals surface area contributed by atoms with Crippen molar-refractivity contribution >= 4 is 6.03 Å². The molecule has 25 heavy (non-hydrogen) atoms. The summed E-state index contributed by atoms with van der Waals surface area (Å²) in [4.78, 5) is 14.4. The van der Waals surface area contributed by atoms with Crippen molar-refractivity contribution in [1.29, 1.82) is 0 Å². The summed E-state index contributed by atoms with van der Waals surface area (Å²) in [7, 11) is 0. The summed E-state index contributed by atoms with van der Waals surface area (Å²) in [5.74, 6) is 0.887. The molecule has 2 rings (SSSR count). The van der Waals surface area contributed by atoms with Crippen molar-refractivity contribution in [2.75, 3.05) is 13.2 Å². The summed E-state index contributed by atoms with van der Waals surface area (Å²) in [5, 5.41) is 3.04. The van der Waals surface area contributed by atoms with E-state index in [2.05, 4.69) is 52.1 Å². The lowest BCUT2D eigenvalue weighted by atomic mass is 9.87. The molecule has 1 saturated heterocycles. The minimum atomic E-state index is 0.0641. The molecule has 2 atom stereocenters. The number of likely N-dealkylation sites (tertiary alicyclic amines) is 1. The third kappa shape index (κ3) is 5.65. The van der Waals surface area contributed by atoms with Crippen molar-refractivity contribution in [3.63, 3.8) is 0 Å². The van der Waals surface area contributed by atoms with Crippen LogP contribution in [0.25, 0.3) is 0 Å². The number of hydrogen-bond donors (Lipinski definition) is 1. The number of urea groups is 1. The summed E-state index contributed by atoms with van der Waals surface area (Å²) in [6.45, 7) is 12.1. The van der Waals surface area contributed by atoms with Gasteiger partial charge in [-0.2, -0.15) is 0 Å². The Kier molecular flexibility index (Phi) is 6.74. The van der Waals surface area contributed by atoms with Gasteiger partial charge in [0.05, 0.1) is 6.61 Å². The third-order valence-electron chi connectivity index (χ3n) is 5.01. The molecule has 1 heterocycles. The Morgan fingerprint density at radius 2 is 1.76 bits per heavy atom. The van der Waals surface area contributed by atoms with Gasteiger partial charge in [-0.15, -0.1) is 0 Å². The Hall–Kier alpha value is -1.71. The molecule has 1 N–H and O–H groups in total. The van der Waals surface area contributed by atoms with Gasteiger partial charge in [0.25, 0.3) is 0 Å². The van der Waals surface area contributed by atoms with Gasteiger partial charge in [0.15, 0.2) is 0 Å². The lowest BCUT2D eigenvalue weighted by Crippen LogP contribution is -2.52. The normalized spacial score (nSPS) is 21.1. The van der Waals surface area contributed by atoms with Gasteiger partial charge >= 0.3 is 6.03 Å². The van der Waals surface area contributed by atoms with E-state index in [1.54, 1.807) is 0 Å². The summed E-state index contributed by atoms with van der Waals surface area (Å²) < 4.78 is 5.78. The first kappa shape index (κ1) is 19.6. The van der Waals surface area contributed by atoms with Gasteiger partial charge in [0, 0.05) is 18.6 Å². The van der Waals surface area contributed by atoms with Gasteiger partial charge in [-0.3, -0.25) is 0 Å². The quantitative estimate of drug-likeness (QED) is 0.783. The smallest absolute Gasteiger partial charge is 0.317 e. The number of carbonyl (C=O) groups is 1. The van der Waals surface area contributed by atoms with Gasteiger partial charge in [0.1, 0.15) is 5.75 Å². The number of carbonyl (C=O) groups excluding carboxylic acids is 1. The van der Waals surface area contributed by atoms with E-state index in [0.717, 1.165) is 25.0 Å². The largest absolute Gasteiger partial charge is 0.494 e. The minimum Gasteiger partial charge on any atom is -0.494 e. The van der Waals surface area contributed by atoms with Crippen LogP contribution < -0.4 is 10.1 Å². The predicted molar refractivity (Wildman–Crippen MR) is 103 cm³/mol. The highest BCUT2D eigenvalue weighted by atomic mass is 16.5. The van der Waals surface area contributed by atoms with Crippen LogP contribution in [-0.4, -0.2) is 36.2 Å². The van der Waals surface area contributed by atoms with Crippen LogP contribution >= 0.6 is 0 Å². The van der Waals surface area contributed by atoms with Crippen LogP contribution in [0.5, 0.6) is 5.75 Å².